The molecule has 0 fully saturated rings. The van der Waals surface area contributed by atoms with Crippen molar-refractivity contribution in [3.05, 3.63) is 105 Å². The summed E-state index contributed by atoms with van der Waals surface area (Å²) in [6.45, 7) is 3.24. The highest BCUT2D eigenvalue weighted by atomic mass is 16.5. The molecule has 2 atom stereocenters. The van der Waals surface area contributed by atoms with Crippen molar-refractivity contribution in [2.45, 2.75) is 32.5 Å². The zero-order valence-corrected chi connectivity index (χ0v) is 22.6. The normalized spacial score (nSPS) is 16.8. The second-order valence-electron chi connectivity index (χ2n) is 10.3. The van der Waals surface area contributed by atoms with Gasteiger partial charge in [0.15, 0.2) is 0 Å². The number of rotatable bonds is 6. The summed E-state index contributed by atoms with van der Waals surface area (Å²) in [6, 6.07) is 18.1. The molecule has 0 saturated heterocycles. The number of anilines is 1. The van der Waals surface area contributed by atoms with E-state index in [0.29, 0.717) is 18.7 Å². The van der Waals surface area contributed by atoms with Gasteiger partial charge < -0.3 is 19.8 Å². The van der Waals surface area contributed by atoms with Crippen LogP contribution >= 0.6 is 0 Å². The third-order valence-corrected chi connectivity index (χ3v) is 7.42. The molecule has 208 valence electrons. The first-order chi connectivity index (χ1) is 19.8. The highest BCUT2D eigenvalue weighted by Crippen LogP contribution is 2.39. The Balaban J connectivity index is 1.49. The van der Waals surface area contributed by atoms with Crippen LogP contribution in [0.2, 0.25) is 0 Å². The lowest BCUT2D eigenvalue weighted by Crippen LogP contribution is -2.39. The summed E-state index contributed by atoms with van der Waals surface area (Å²) in [5.74, 6) is -0.773. The molecule has 0 aliphatic carbocycles. The Labute approximate surface area is 235 Å². The van der Waals surface area contributed by atoms with E-state index in [-0.39, 0.29) is 34.8 Å². The first-order valence-electron chi connectivity index (χ1n) is 13.3. The van der Waals surface area contributed by atoms with Crippen LogP contribution in [0.1, 0.15) is 44.6 Å². The maximum Gasteiger partial charge on any atom is 0.338 e. The second kappa shape index (κ2) is 10.4. The summed E-state index contributed by atoms with van der Waals surface area (Å²) in [5.41, 5.74) is 5.23. The highest BCUT2D eigenvalue weighted by Gasteiger charge is 2.38. The van der Waals surface area contributed by atoms with Crippen LogP contribution in [0.3, 0.4) is 0 Å². The van der Waals surface area contributed by atoms with Gasteiger partial charge in [-0.05, 0) is 50.1 Å². The summed E-state index contributed by atoms with van der Waals surface area (Å²) in [4.78, 5) is 51.8. The Bertz CT molecular complexity index is 1800. The van der Waals surface area contributed by atoms with Crippen LogP contribution in [-0.2, 0) is 16.0 Å². The molecule has 2 aliphatic rings. The summed E-state index contributed by atoms with van der Waals surface area (Å²) < 4.78 is 6.35. The lowest BCUT2D eigenvalue weighted by molar-refractivity contribution is -0.121. The van der Waals surface area contributed by atoms with Crippen molar-refractivity contribution in [2.75, 3.05) is 24.7 Å². The molecule has 41 heavy (non-hydrogen) atoms. The van der Waals surface area contributed by atoms with Crippen molar-refractivity contribution in [1.29, 1.82) is 0 Å². The number of benzene rings is 3. The van der Waals surface area contributed by atoms with E-state index in [9.17, 15) is 19.5 Å². The fraction of sp³-hybridized carbons (Fsp3) is 0.258. The van der Waals surface area contributed by atoms with Crippen molar-refractivity contribution in [3.63, 3.8) is 0 Å². The van der Waals surface area contributed by atoms with Crippen LogP contribution in [0.4, 0.5) is 5.69 Å². The molecule has 2 aliphatic heterocycles. The van der Waals surface area contributed by atoms with Gasteiger partial charge in [0.2, 0.25) is 6.17 Å². The third kappa shape index (κ3) is 4.60. The van der Waals surface area contributed by atoms with Gasteiger partial charge in [0.1, 0.15) is 18.5 Å². The fourth-order valence-corrected chi connectivity index (χ4v) is 5.52. The van der Waals surface area contributed by atoms with Gasteiger partial charge in [-0.2, -0.15) is 0 Å². The molecule has 6 rings (SSSR count). The molecule has 1 amide bonds. The molecule has 10 heteroatoms. The van der Waals surface area contributed by atoms with E-state index in [0.717, 1.165) is 27.9 Å². The Kier molecular flexibility index (Phi) is 6.72. The SMILES string of the molecule is Cc1cc2c3c(c1)C(c1ccccc1)=NC(n1c(C)nc4cc(C(=O)OC[C@@H](O)CO)ccc4c1=O)C(=O)N3CC2. The Morgan fingerprint density at radius 1 is 1.10 bits per heavy atom. The minimum Gasteiger partial charge on any atom is -0.459 e. The van der Waals surface area contributed by atoms with Gasteiger partial charge in [0.05, 0.1) is 34.5 Å². The molecular formula is C31H28N4O6. The maximum absolute atomic E-state index is 14.1. The standard InChI is InChI=1S/C31H28N4O6/c1-17-12-20-10-11-34-27(20)24(13-17)26(19-6-4-3-5-7-19)33-28(30(34)39)35-18(2)32-25-14-21(8-9-23(25)29(35)38)31(40)41-16-22(37)15-36/h3-9,12-14,22,28,36-37H,10-11,15-16H2,1-2H3/t22-,28?/m0/s1. The van der Waals surface area contributed by atoms with E-state index in [1.165, 1.54) is 22.8 Å². The summed E-state index contributed by atoms with van der Waals surface area (Å²) in [5, 5.41) is 18.6. The van der Waals surface area contributed by atoms with Gasteiger partial charge in [-0.25, -0.2) is 14.8 Å². The van der Waals surface area contributed by atoms with Crippen LogP contribution in [0.5, 0.6) is 0 Å². The lowest BCUT2D eigenvalue weighted by Gasteiger charge is -2.23. The van der Waals surface area contributed by atoms with Crippen LogP contribution < -0.4 is 10.5 Å². The predicted molar refractivity (Wildman–Crippen MR) is 152 cm³/mol. The molecular weight excluding hydrogens is 524 g/mol. The van der Waals surface area contributed by atoms with Crippen molar-refractivity contribution < 1.29 is 24.5 Å². The number of aliphatic hydroxyl groups is 2. The van der Waals surface area contributed by atoms with Gasteiger partial charge >= 0.3 is 5.97 Å². The van der Waals surface area contributed by atoms with Gasteiger partial charge in [0.25, 0.3) is 11.5 Å². The number of carbonyl (C=O) groups is 2. The Morgan fingerprint density at radius 3 is 2.63 bits per heavy atom. The number of aryl methyl sites for hydroxylation is 2. The van der Waals surface area contributed by atoms with E-state index in [4.69, 9.17) is 14.8 Å². The molecule has 0 radical (unpaired) electrons. The van der Waals surface area contributed by atoms with Gasteiger partial charge in [-0.1, -0.05) is 42.0 Å². The molecule has 4 aromatic rings. The first kappa shape index (κ1) is 26.5. The van der Waals surface area contributed by atoms with Gasteiger partial charge in [0, 0.05) is 17.7 Å². The second-order valence-corrected chi connectivity index (χ2v) is 10.3. The number of aromatic nitrogens is 2. The third-order valence-electron chi connectivity index (χ3n) is 7.42. The fourth-order valence-electron chi connectivity index (χ4n) is 5.52. The molecule has 0 bridgehead atoms. The van der Waals surface area contributed by atoms with Crippen LogP contribution in [0.25, 0.3) is 10.9 Å². The average molecular weight is 553 g/mol. The predicted octanol–water partition coefficient (Wildman–Crippen LogP) is 2.46. The average Bonchev–Trinajstić information content (AvgIpc) is 3.35. The number of esters is 1. The Hall–Kier alpha value is -4.67. The van der Waals surface area contributed by atoms with Crippen molar-refractivity contribution in [2.24, 2.45) is 4.99 Å². The van der Waals surface area contributed by atoms with Crippen LogP contribution in [-0.4, -0.2) is 63.2 Å². The van der Waals surface area contributed by atoms with Crippen LogP contribution in [0, 0.1) is 13.8 Å². The van der Waals surface area contributed by atoms with Gasteiger partial charge in [-0.15, -0.1) is 0 Å². The number of aliphatic imine (C=N–C) groups is 1. The summed E-state index contributed by atoms with van der Waals surface area (Å²) >= 11 is 0. The molecule has 1 unspecified atom stereocenters. The minimum absolute atomic E-state index is 0.136. The smallest absolute Gasteiger partial charge is 0.338 e. The van der Waals surface area contributed by atoms with E-state index in [1.54, 1.807) is 11.8 Å². The monoisotopic (exact) mass is 552 g/mol. The maximum atomic E-state index is 14.1. The summed E-state index contributed by atoms with van der Waals surface area (Å²) in [7, 11) is 0. The molecule has 3 heterocycles. The van der Waals surface area contributed by atoms with Crippen molar-refractivity contribution in [3.8, 4) is 0 Å². The van der Waals surface area contributed by atoms with E-state index in [2.05, 4.69) is 11.1 Å². The molecule has 0 spiro atoms. The molecule has 0 saturated carbocycles. The zero-order valence-electron chi connectivity index (χ0n) is 22.6. The van der Waals surface area contributed by atoms with Gasteiger partial charge in [-0.3, -0.25) is 14.2 Å². The Morgan fingerprint density at radius 2 is 1.88 bits per heavy atom. The van der Waals surface area contributed by atoms with E-state index >= 15 is 0 Å². The number of carbonyl (C=O) groups excluding carboxylic acids is 2. The number of hydrogen-bond acceptors (Lipinski definition) is 8. The zero-order chi connectivity index (χ0) is 28.8. The lowest BCUT2D eigenvalue weighted by atomic mass is 9.96. The number of amides is 1. The number of fused-ring (bicyclic) bond motifs is 1. The highest BCUT2D eigenvalue weighted by molar-refractivity contribution is 6.20. The first-order valence-corrected chi connectivity index (χ1v) is 13.3. The molecule has 2 N–H and O–H groups in total. The van der Waals surface area contributed by atoms with Crippen LogP contribution in [0.15, 0.2) is 70.5 Å². The largest absolute Gasteiger partial charge is 0.459 e. The number of aliphatic hydroxyl groups excluding tert-OH is 2. The number of ether oxygens (including phenoxy) is 1. The topological polar surface area (TPSA) is 134 Å². The molecule has 10 nitrogen and oxygen atoms in total. The van der Waals surface area contributed by atoms with Crippen molar-refractivity contribution >= 4 is 34.2 Å². The summed E-state index contributed by atoms with van der Waals surface area (Å²) in [6.07, 6.45) is -1.66. The van der Waals surface area contributed by atoms with E-state index < -0.39 is 30.4 Å². The molecule has 1 aromatic heterocycles. The molecule has 3 aromatic carbocycles. The minimum atomic E-state index is -1.19. The van der Waals surface area contributed by atoms with Crippen molar-refractivity contribution in [1.82, 2.24) is 9.55 Å². The van der Waals surface area contributed by atoms with E-state index in [1.807, 2.05) is 43.3 Å². The quantitative estimate of drug-likeness (QED) is 0.351. The number of nitrogens with zero attached hydrogens (tertiary/aromatic N) is 4. The number of hydrogen-bond donors (Lipinski definition) is 2.